The monoisotopic (exact) mass is 120 g/mol. The topological polar surface area (TPSA) is 9.23 Å². The fourth-order valence-electron chi connectivity index (χ4n) is 0.304. The molecule has 0 aromatic rings. The summed E-state index contributed by atoms with van der Waals surface area (Å²) in [4.78, 5) is 0. The molecule has 0 amide bonds. The zero-order chi connectivity index (χ0) is 5.70. The highest BCUT2D eigenvalue weighted by Gasteiger charge is 1.88. The zero-order valence-corrected chi connectivity index (χ0v) is 6.13. The van der Waals surface area contributed by atoms with Gasteiger partial charge in [-0.3, -0.25) is 0 Å². The van der Waals surface area contributed by atoms with Gasteiger partial charge in [0.05, 0.1) is 6.61 Å². The molecule has 0 aliphatic rings. The molecule has 0 aliphatic heterocycles. The van der Waals surface area contributed by atoms with Gasteiger partial charge < -0.3 is 4.74 Å². The number of hydrogen-bond acceptors (Lipinski definition) is 1. The van der Waals surface area contributed by atoms with Crippen LogP contribution in [0.1, 0.15) is 13.8 Å². The first kappa shape index (κ1) is 7.39. The minimum atomic E-state index is 0.597. The summed E-state index contributed by atoms with van der Waals surface area (Å²) in [5.74, 6) is 0. The largest absolute Gasteiger partial charge is 0.381 e. The van der Waals surface area contributed by atoms with E-state index in [-0.39, 0.29) is 0 Å². The van der Waals surface area contributed by atoms with Gasteiger partial charge in [-0.2, -0.15) is 0 Å². The Balaban J connectivity index is 2.68. The van der Waals surface area contributed by atoms with Gasteiger partial charge in [0.15, 0.2) is 0 Å². The average molecular weight is 120 g/mol. The van der Waals surface area contributed by atoms with Crippen molar-refractivity contribution in [3.63, 3.8) is 0 Å². The van der Waals surface area contributed by atoms with Crippen molar-refractivity contribution in [3.05, 3.63) is 0 Å². The van der Waals surface area contributed by atoms with Crippen LogP contribution in [-0.4, -0.2) is 18.9 Å². The average Bonchev–Trinajstić information content (AvgIpc) is 1.61. The molecule has 0 aliphatic carbocycles. The van der Waals surface area contributed by atoms with Crippen molar-refractivity contribution in [2.45, 2.75) is 19.5 Å². The molecule has 0 aromatic carbocycles. The Labute approximate surface area is 47.6 Å². The van der Waals surface area contributed by atoms with Gasteiger partial charge in [0, 0.05) is 6.61 Å². The lowest BCUT2D eigenvalue weighted by Gasteiger charge is -2.01. The first-order chi connectivity index (χ1) is 3.27. The molecule has 2 heteroatoms. The van der Waals surface area contributed by atoms with Gasteiger partial charge >= 0.3 is 0 Å². The predicted molar refractivity (Wildman–Crippen MR) is 35.7 cm³/mol. The van der Waals surface area contributed by atoms with Crippen LogP contribution < -0.4 is 0 Å². The lowest BCUT2D eigenvalue weighted by Crippen LogP contribution is -2.02. The first-order valence-electron chi connectivity index (χ1n) is 2.60. The van der Waals surface area contributed by atoms with E-state index >= 15 is 0 Å². The highest BCUT2D eigenvalue weighted by atomic mass is 31.0. The molecule has 0 heterocycles. The van der Waals surface area contributed by atoms with Crippen LogP contribution in [0.4, 0.5) is 0 Å². The first-order valence-corrected chi connectivity index (χ1v) is 3.27. The Morgan fingerprint density at radius 3 is 2.43 bits per heavy atom. The van der Waals surface area contributed by atoms with E-state index < -0.39 is 0 Å². The molecule has 0 bridgehead atoms. The van der Waals surface area contributed by atoms with Gasteiger partial charge in [-0.1, -0.05) is 6.92 Å². The van der Waals surface area contributed by atoms with Crippen LogP contribution >= 0.6 is 9.24 Å². The second-order valence-electron chi connectivity index (χ2n) is 1.64. The highest BCUT2D eigenvalue weighted by molar-refractivity contribution is 7.17. The van der Waals surface area contributed by atoms with E-state index in [0.717, 1.165) is 13.2 Å². The third-order valence-electron chi connectivity index (χ3n) is 0.585. The molecule has 0 N–H and O–H groups in total. The van der Waals surface area contributed by atoms with Crippen molar-refractivity contribution < 1.29 is 4.74 Å². The van der Waals surface area contributed by atoms with Crippen molar-refractivity contribution in [3.8, 4) is 0 Å². The van der Waals surface area contributed by atoms with Crippen molar-refractivity contribution >= 4 is 9.24 Å². The molecular formula is C5H13OP. The molecule has 0 saturated heterocycles. The fourth-order valence-corrected chi connectivity index (χ4v) is 0.440. The van der Waals surface area contributed by atoms with E-state index in [9.17, 15) is 0 Å². The van der Waals surface area contributed by atoms with Crippen molar-refractivity contribution in [1.82, 2.24) is 0 Å². The van der Waals surface area contributed by atoms with Crippen LogP contribution in [0.2, 0.25) is 0 Å². The summed E-state index contributed by atoms with van der Waals surface area (Å²) in [6.45, 7) is 5.81. The summed E-state index contributed by atoms with van der Waals surface area (Å²) < 4.78 is 5.07. The zero-order valence-electron chi connectivity index (χ0n) is 4.98. The van der Waals surface area contributed by atoms with Crippen molar-refractivity contribution in [1.29, 1.82) is 0 Å². The van der Waals surface area contributed by atoms with E-state index in [2.05, 4.69) is 16.2 Å². The molecule has 2 unspecified atom stereocenters. The minimum absolute atomic E-state index is 0.597. The van der Waals surface area contributed by atoms with Crippen LogP contribution in [0.25, 0.3) is 0 Å². The number of rotatable bonds is 3. The van der Waals surface area contributed by atoms with Crippen LogP contribution in [0.3, 0.4) is 0 Å². The Morgan fingerprint density at radius 1 is 1.71 bits per heavy atom. The van der Waals surface area contributed by atoms with Gasteiger partial charge in [-0.05, 0) is 12.6 Å². The second kappa shape index (κ2) is 4.55. The van der Waals surface area contributed by atoms with E-state index in [1.807, 2.05) is 6.92 Å². The molecule has 0 spiro atoms. The lowest BCUT2D eigenvalue weighted by atomic mass is 10.5. The summed E-state index contributed by atoms with van der Waals surface area (Å²) in [7, 11) is 2.68. The van der Waals surface area contributed by atoms with Gasteiger partial charge in [-0.25, -0.2) is 0 Å². The van der Waals surface area contributed by atoms with E-state index in [4.69, 9.17) is 4.74 Å². The lowest BCUT2D eigenvalue weighted by molar-refractivity contribution is 0.151. The number of ether oxygens (including phenoxy) is 1. The standard InChI is InChI=1S/C5H13OP/c1-3-6-4-5(2)7/h5H,3-4,7H2,1-2H3. The number of hydrogen-bond donors (Lipinski definition) is 0. The molecule has 0 fully saturated rings. The maximum Gasteiger partial charge on any atom is 0.0525 e. The maximum absolute atomic E-state index is 5.07. The molecule has 1 nitrogen and oxygen atoms in total. The van der Waals surface area contributed by atoms with Crippen LogP contribution in [0, 0.1) is 0 Å². The van der Waals surface area contributed by atoms with Gasteiger partial charge in [0.1, 0.15) is 0 Å². The normalized spacial score (nSPS) is 14.1. The molecule has 0 saturated carbocycles. The molecule has 7 heavy (non-hydrogen) atoms. The van der Waals surface area contributed by atoms with E-state index in [0.29, 0.717) is 5.66 Å². The fraction of sp³-hybridized carbons (Fsp3) is 1.00. The smallest absolute Gasteiger partial charge is 0.0525 e. The molecule has 0 rings (SSSR count). The SMILES string of the molecule is CCOCC(C)P. The quantitative estimate of drug-likeness (QED) is 0.510. The summed E-state index contributed by atoms with van der Waals surface area (Å²) in [5.41, 5.74) is 0.597. The Bertz CT molecular complexity index is 37.1. The second-order valence-corrected chi connectivity index (χ2v) is 2.77. The third kappa shape index (κ3) is 6.39. The van der Waals surface area contributed by atoms with E-state index in [1.165, 1.54) is 0 Å². The van der Waals surface area contributed by atoms with Gasteiger partial charge in [0.2, 0.25) is 0 Å². The Kier molecular flexibility index (Phi) is 4.80. The molecular weight excluding hydrogens is 107 g/mol. The molecule has 0 radical (unpaired) electrons. The van der Waals surface area contributed by atoms with Crippen molar-refractivity contribution in [2.24, 2.45) is 0 Å². The van der Waals surface area contributed by atoms with Gasteiger partial charge in [-0.15, -0.1) is 9.24 Å². The van der Waals surface area contributed by atoms with Crippen LogP contribution in [0.15, 0.2) is 0 Å². The summed E-state index contributed by atoms with van der Waals surface area (Å²) in [6, 6.07) is 0. The van der Waals surface area contributed by atoms with Crippen molar-refractivity contribution in [2.75, 3.05) is 13.2 Å². The van der Waals surface area contributed by atoms with Gasteiger partial charge in [0.25, 0.3) is 0 Å². The molecule has 0 aromatic heterocycles. The van der Waals surface area contributed by atoms with Crippen LogP contribution in [0.5, 0.6) is 0 Å². The third-order valence-corrected chi connectivity index (χ3v) is 0.777. The predicted octanol–water partition coefficient (Wildman–Crippen LogP) is 1.29. The highest BCUT2D eigenvalue weighted by Crippen LogP contribution is 1.96. The van der Waals surface area contributed by atoms with Crippen LogP contribution in [-0.2, 0) is 4.74 Å². The Hall–Kier alpha value is 0.390. The maximum atomic E-state index is 5.07. The summed E-state index contributed by atoms with van der Waals surface area (Å²) >= 11 is 0. The molecule has 2 atom stereocenters. The summed E-state index contributed by atoms with van der Waals surface area (Å²) in [5, 5.41) is 0. The molecule has 44 valence electrons. The minimum Gasteiger partial charge on any atom is -0.381 e. The summed E-state index contributed by atoms with van der Waals surface area (Å²) in [6.07, 6.45) is 0. The Morgan fingerprint density at radius 2 is 2.29 bits per heavy atom. The van der Waals surface area contributed by atoms with E-state index in [1.54, 1.807) is 0 Å².